The average molecular weight is 331 g/mol. The van der Waals surface area contributed by atoms with Gasteiger partial charge in [-0.15, -0.1) is 11.6 Å². The van der Waals surface area contributed by atoms with Crippen molar-refractivity contribution < 1.29 is 9.13 Å². The van der Waals surface area contributed by atoms with Gasteiger partial charge < -0.3 is 9.30 Å². The molecule has 0 amide bonds. The summed E-state index contributed by atoms with van der Waals surface area (Å²) >= 11 is 12.2. The predicted molar refractivity (Wildman–Crippen MR) is 82.5 cm³/mol. The maximum atomic E-state index is 13.6. The van der Waals surface area contributed by atoms with Crippen LogP contribution in [0.1, 0.15) is 31.0 Å². The van der Waals surface area contributed by atoms with E-state index in [1.54, 1.807) is 6.07 Å². The van der Waals surface area contributed by atoms with Crippen molar-refractivity contribution in [2.24, 2.45) is 5.92 Å². The van der Waals surface area contributed by atoms with Crippen LogP contribution < -0.4 is 0 Å². The number of alkyl halides is 1. The Morgan fingerprint density at radius 2 is 2.14 bits per heavy atom. The van der Waals surface area contributed by atoms with E-state index in [2.05, 4.69) is 9.55 Å². The third kappa shape index (κ3) is 3.03. The largest absolute Gasteiger partial charge is 0.381 e. The third-order valence-electron chi connectivity index (χ3n) is 3.96. The second-order valence-electron chi connectivity index (χ2n) is 5.51. The average Bonchev–Trinajstić information content (AvgIpc) is 2.79. The first-order chi connectivity index (χ1) is 10.1. The Hall–Kier alpha value is -0.840. The Bertz CT molecular complexity index is 651. The molecule has 1 atom stereocenters. The maximum absolute atomic E-state index is 13.6. The molecular weight excluding hydrogens is 314 g/mol. The van der Waals surface area contributed by atoms with Gasteiger partial charge in [-0.25, -0.2) is 9.37 Å². The van der Waals surface area contributed by atoms with Gasteiger partial charge in [0.1, 0.15) is 11.6 Å². The second-order valence-corrected chi connectivity index (χ2v) is 6.57. The number of hydrogen-bond donors (Lipinski definition) is 0. The molecule has 2 heterocycles. The number of aromatic nitrogens is 2. The molecule has 3 rings (SSSR count). The molecule has 0 aliphatic carbocycles. The SMILES string of the molecule is CC(Cl)c1nc2cc(F)c(Cl)cc2n1CC1CCOCC1. The summed E-state index contributed by atoms with van der Waals surface area (Å²) in [4.78, 5) is 4.48. The highest BCUT2D eigenvalue weighted by Crippen LogP contribution is 2.30. The number of nitrogens with zero attached hydrogens (tertiary/aromatic N) is 2. The van der Waals surface area contributed by atoms with Crippen LogP contribution in [0.4, 0.5) is 4.39 Å². The van der Waals surface area contributed by atoms with Crippen molar-refractivity contribution in [2.45, 2.75) is 31.7 Å². The number of ether oxygens (including phenoxy) is 1. The Kier molecular flexibility index (Phi) is 4.38. The minimum Gasteiger partial charge on any atom is -0.381 e. The lowest BCUT2D eigenvalue weighted by atomic mass is 10.0. The van der Waals surface area contributed by atoms with Gasteiger partial charge in [-0.2, -0.15) is 0 Å². The Morgan fingerprint density at radius 1 is 1.43 bits per heavy atom. The lowest BCUT2D eigenvalue weighted by Gasteiger charge is -2.24. The molecular formula is C15H17Cl2FN2O. The van der Waals surface area contributed by atoms with Crippen LogP contribution in [0.2, 0.25) is 5.02 Å². The highest BCUT2D eigenvalue weighted by Gasteiger charge is 2.21. The summed E-state index contributed by atoms with van der Waals surface area (Å²) in [6.07, 6.45) is 2.04. The monoisotopic (exact) mass is 330 g/mol. The number of halogens is 3. The number of rotatable bonds is 3. The van der Waals surface area contributed by atoms with Crippen molar-refractivity contribution in [3.05, 3.63) is 28.8 Å². The molecule has 1 aliphatic rings. The summed E-state index contributed by atoms with van der Waals surface area (Å²) in [5, 5.41) is -0.122. The van der Waals surface area contributed by atoms with Gasteiger partial charge in [0.25, 0.3) is 0 Å². The smallest absolute Gasteiger partial charge is 0.144 e. The summed E-state index contributed by atoms with van der Waals surface area (Å²) in [7, 11) is 0. The van der Waals surface area contributed by atoms with E-state index in [0.29, 0.717) is 11.4 Å². The number of benzene rings is 1. The fourth-order valence-electron chi connectivity index (χ4n) is 2.82. The Balaban J connectivity index is 2.04. The zero-order valence-electron chi connectivity index (χ0n) is 11.8. The van der Waals surface area contributed by atoms with E-state index in [4.69, 9.17) is 27.9 Å². The van der Waals surface area contributed by atoms with Gasteiger partial charge in [0.05, 0.1) is 21.4 Å². The van der Waals surface area contributed by atoms with Crippen molar-refractivity contribution in [3.63, 3.8) is 0 Å². The molecule has 0 saturated carbocycles. The standard InChI is InChI=1S/C15H17Cl2FN2O/c1-9(16)15-19-13-7-12(18)11(17)6-14(13)20(15)8-10-2-4-21-5-3-10/h6-7,9-10H,2-5,8H2,1H3. The molecule has 1 aromatic carbocycles. The van der Waals surface area contributed by atoms with Crippen molar-refractivity contribution in [1.29, 1.82) is 0 Å². The van der Waals surface area contributed by atoms with E-state index < -0.39 is 5.82 Å². The van der Waals surface area contributed by atoms with E-state index in [1.807, 2.05) is 6.92 Å². The molecule has 0 bridgehead atoms. The molecule has 1 unspecified atom stereocenters. The highest BCUT2D eigenvalue weighted by atomic mass is 35.5. The molecule has 114 valence electrons. The van der Waals surface area contributed by atoms with Crippen LogP contribution in [0.15, 0.2) is 12.1 Å². The van der Waals surface area contributed by atoms with Crippen LogP contribution in [0.5, 0.6) is 0 Å². The van der Waals surface area contributed by atoms with Crippen LogP contribution in [0.3, 0.4) is 0 Å². The van der Waals surface area contributed by atoms with Crippen LogP contribution in [-0.2, 0) is 11.3 Å². The van der Waals surface area contributed by atoms with Crippen LogP contribution in [-0.4, -0.2) is 22.8 Å². The summed E-state index contributed by atoms with van der Waals surface area (Å²) in [6.45, 7) is 4.27. The number of fused-ring (bicyclic) bond motifs is 1. The van der Waals surface area contributed by atoms with Crippen LogP contribution in [0.25, 0.3) is 11.0 Å². The molecule has 6 heteroatoms. The summed E-state index contributed by atoms with van der Waals surface area (Å²) in [6, 6.07) is 3.02. The molecule has 0 N–H and O–H groups in total. The summed E-state index contributed by atoms with van der Waals surface area (Å²) < 4.78 is 21.1. The lowest BCUT2D eigenvalue weighted by Crippen LogP contribution is -2.21. The molecule has 1 saturated heterocycles. The van der Waals surface area contributed by atoms with Gasteiger partial charge in [-0.3, -0.25) is 0 Å². The summed E-state index contributed by atoms with van der Waals surface area (Å²) in [5.74, 6) is 0.836. The van der Waals surface area contributed by atoms with Gasteiger partial charge in [-0.05, 0) is 31.7 Å². The van der Waals surface area contributed by atoms with Gasteiger partial charge in [0, 0.05) is 25.8 Å². The first-order valence-electron chi connectivity index (χ1n) is 7.13. The predicted octanol–water partition coefficient (Wildman–Crippen LogP) is 4.56. The zero-order chi connectivity index (χ0) is 15.0. The Morgan fingerprint density at radius 3 is 2.81 bits per heavy atom. The van der Waals surface area contributed by atoms with E-state index >= 15 is 0 Å². The van der Waals surface area contributed by atoms with Crippen molar-refractivity contribution in [3.8, 4) is 0 Å². The highest BCUT2D eigenvalue weighted by molar-refractivity contribution is 6.31. The molecule has 3 nitrogen and oxygen atoms in total. The Labute approximate surface area is 133 Å². The molecule has 1 aromatic heterocycles. The minimum absolute atomic E-state index is 0.115. The number of hydrogen-bond acceptors (Lipinski definition) is 2. The zero-order valence-corrected chi connectivity index (χ0v) is 13.3. The quantitative estimate of drug-likeness (QED) is 0.771. The van der Waals surface area contributed by atoms with E-state index in [9.17, 15) is 4.39 Å². The third-order valence-corrected chi connectivity index (χ3v) is 4.44. The second kappa shape index (κ2) is 6.11. The lowest BCUT2D eigenvalue weighted by molar-refractivity contribution is 0.0613. The molecule has 21 heavy (non-hydrogen) atoms. The first-order valence-corrected chi connectivity index (χ1v) is 7.94. The van der Waals surface area contributed by atoms with Crippen molar-refractivity contribution in [2.75, 3.05) is 13.2 Å². The van der Waals surface area contributed by atoms with Crippen molar-refractivity contribution in [1.82, 2.24) is 9.55 Å². The first kappa shape index (κ1) is 15.1. The van der Waals surface area contributed by atoms with E-state index in [0.717, 1.165) is 43.9 Å². The van der Waals surface area contributed by atoms with Gasteiger partial charge in [-0.1, -0.05) is 11.6 Å². The molecule has 1 fully saturated rings. The van der Waals surface area contributed by atoms with Crippen molar-refractivity contribution >= 4 is 34.2 Å². The minimum atomic E-state index is -0.450. The van der Waals surface area contributed by atoms with Gasteiger partial charge in [0.15, 0.2) is 0 Å². The van der Waals surface area contributed by atoms with Crippen LogP contribution in [0, 0.1) is 11.7 Å². The molecule has 0 radical (unpaired) electrons. The molecule has 2 aromatic rings. The van der Waals surface area contributed by atoms with E-state index in [1.165, 1.54) is 6.07 Å². The van der Waals surface area contributed by atoms with E-state index in [-0.39, 0.29) is 10.4 Å². The fraction of sp³-hybridized carbons (Fsp3) is 0.533. The summed E-state index contributed by atoms with van der Waals surface area (Å²) in [5.41, 5.74) is 1.45. The fourth-order valence-corrected chi connectivity index (χ4v) is 3.15. The topological polar surface area (TPSA) is 27.1 Å². The molecule has 0 spiro atoms. The van der Waals surface area contributed by atoms with Gasteiger partial charge in [0.2, 0.25) is 0 Å². The normalized spacial score (nSPS) is 18.3. The van der Waals surface area contributed by atoms with Crippen LogP contribution >= 0.6 is 23.2 Å². The number of imidazole rings is 1. The molecule has 1 aliphatic heterocycles. The van der Waals surface area contributed by atoms with Gasteiger partial charge >= 0.3 is 0 Å². The maximum Gasteiger partial charge on any atom is 0.144 e.